The number of benzene rings is 1. The Balaban J connectivity index is 1.62. The minimum absolute atomic E-state index is 0.370. The molecule has 98 valence electrons. The van der Waals surface area contributed by atoms with Gasteiger partial charge >= 0.3 is 0 Å². The third-order valence-electron chi connectivity index (χ3n) is 4.28. The smallest absolute Gasteiger partial charge is 0.0690 e. The molecule has 0 aromatic heterocycles. The molecule has 0 bridgehead atoms. The zero-order valence-electron chi connectivity index (χ0n) is 11.0. The molecule has 1 aliphatic heterocycles. The molecule has 2 aliphatic rings. The van der Waals surface area contributed by atoms with Crippen LogP contribution in [0.25, 0.3) is 0 Å². The maximum absolute atomic E-state index is 9.98. The van der Waals surface area contributed by atoms with Crippen molar-refractivity contribution in [3.63, 3.8) is 0 Å². The van der Waals surface area contributed by atoms with Gasteiger partial charge in [-0.25, -0.2) is 0 Å². The molecule has 1 saturated carbocycles. The average molecular weight is 245 g/mol. The number of rotatable bonds is 4. The molecule has 1 saturated heterocycles. The molecule has 0 spiro atoms. The van der Waals surface area contributed by atoms with E-state index in [0.717, 1.165) is 31.7 Å². The molecule has 2 nitrogen and oxygen atoms in total. The molecule has 1 atom stereocenters. The van der Waals surface area contributed by atoms with Crippen LogP contribution in [0.4, 0.5) is 0 Å². The molecule has 1 unspecified atom stereocenters. The van der Waals surface area contributed by atoms with Crippen LogP contribution in [-0.4, -0.2) is 23.8 Å². The van der Waals surface area contributed by atoms with Gasteiger partial charge in [0, 0.05) is 6.42 Å². The monoisotopic (exact) mass is 245 g/mol. The van der Waals surface area contributed by atoms with Crippen LogP contribution in [0.3, 0.4) is 0 Å². The summed E-state index contributed by atoms with van der Waals surface area (Å²) < 4.78 is 0. The van der Waals surface area contributed by atoms with Crippen molar-refractivity contribution in [1.29, 1.82) is 0 Å². The second-order valence-electron chi connectivity index (χ2n) is 6.14. The molecule has 3 rings (SSSR count). The lowest BCUT2D eigenvalue weighted by Gasteiger charge is -2.23. The first-order valence-corrected chi connectivity index (χ1v) is 7.24. The van der Waals surface area contributed by atoms with Crippen molar-refractivity contribution >= 4 is 0 Å². The van der Waals surface area contributed by atoms with Crippen molar-refractivity contribution in [3.05, 3.63) is 35.4 Å². The summed E-state index contributed by atoms with van der Waals surface area (Å²) in [4.78, 5) is 0. The van der Waals surface area contributed by atoms with Gasteiger partial charge in [0.05, 0.1) is 5.60 Å². The van der Waals surface area contributed by atoms with Crippen molar-refractivity contribution in [3.8, 4) is 0 Å². The van der Waals surface area contributed by atoms with E-state index in [1.807, 2.05) is 0 Å². The van der Waals surface area contributed by atoms with Crippen molar-refractivity contribution < 1.29 is 5.11 Å². The third-order valence-corrected chi connectivity index (χ3v) is 4.28. The second kappa shape index (κ2) is 5.02. The van der Waals surface area contributed by atoms with Gasteiger partial charge in [0.15, 0.2) is 0 Å². The zero-order valence-corrected chi connectivity index (χ0v) is 11.0. The Morgan fingerprint density at radius 1 is 1.28 bits per heavy atom. The van der Waals surface area contributed by atoms with Crippen LogP contribution in [0.5, 0.6) is 0 Å². The molecule has 2 fully saturated rings. The number of hydrogen-bond donors (Lipinski definition) is 2. The van der Waals surface area contributed by atoms with Crippen LogP contribution in [-0.2, 0) is 12.8 Å². The summed E-state index contributed by atoms with van der Waals surface area (Å²) in [5.74, 6) is 0.790. The van der Waals surface area contributed by atoms with Crippen molar-refractivity contribution in [2.75, 3.05) is 13.1 Å². The summed E-state index contributed by atoms with van der Waals surface area (Å²) >= 11 is 0. The quantitative estimate of drug-likeness (QED) is 0.853. The lowest BCUT2D eigenvalue weighted by molar-refractivity contribution is 0.151. The number of piperidine rings is 1. The van der Waals surface area contributed by atoms with Gasteiger partial charge in [-0.1, -0.05) is 24.3 Å². The molecule has 18 heavy (non-hydrogen) atoms. The lowest BCUT2D eigenvalue weighted by atomic mass is 9.91. The Morgan fingerprint density at radius 3 is 2.83 bits per heavy atom. The normalized spacial score (nSPS) is 25.9. The number of aliphatic hydroxyl groups is 1. The summed E-state index contributed by atoms with van der Waals surface area (Å²) in [5, 5.41) is 13.5. The van der Waals surface area contributed by atoms with Gasteiger partial charge in [-0.2, -0.15) is 0 Å². The van der Waals surface area contributed by atoms with Crippen molar-refractivity contribution in [2.45, 2.75) is 44.1 Å². The van der Waals surface area contributed by atoms with Crippen LogP contribution < -0.4 is 5.32 Å². The molecule has 0 radical (unpaired) electrons. The fraction of sp³-hybridized carbons (Fsp3) is 0.625. The van der Waals surface area contributed by atoms with E-state index in [1.165, 1.54) is 36.9 Å². The van der Waals surface area contributed by atoms with Gasteiger partial charge in [0.2, 0.25) is 0 Å². The highest BCUT2D eigenvalue weighted by molar-refractivity contribution is 5.26. The highest BCUT2D eigenvalue weighted by Crippen LogP contribution is 2.38. The van der Waals surface area contributed by atoms with Crippen LogP contribution in [0, 0.1) is 5.92 Å². The van der Waals surface area contributed by atoms with Gasteiger partial charge in [-0.3, -0.25) is 0 Å². The molecule has 2 heteroatoms. The van der Waals surface area contributed by atoms with E-state index >= 15 is 0 Å². The van der Waals surface area contributed by atoms with Crippen molar-refractivity contribution in [1.82, 2.24) is 5.32 Å². The minimum atomic E-state index is -0.370. The Labute approximate surface area is 109 Å². The SMILES string of the molecule is OC1(Cc2cccc(CC3CCCNC3)c2)CC1. The molecular formula is C16H23NO. The van der Waals surface area contributed by atoms with E-state index in [1.54, 1.807) is 0 Å². The minimum Gasteiger partial charge on any atom is -0.390 e. The summed E-state index contributed by atoms with van der Waals surface area (Å²) in [7, 11) is 0. The van der Waals surface area contributed by atoms with E-state index in [2.05, 4.69) is 29.6 Å². The fourth-order valence-corrected chi connectivity index (χ4v) is 3.00. The van der Waals surface area contributed by atoms with Crippen LogP contribution in [0.15, 0.2) is 24.3 Å². The topological polar surface area (TPSA) is 32.3 Å². The highest BCUT2D eigenvalue weighted by atomic mass is 16.3. The Hall–Kier alpha value is -0.860. The standard InChI is InChI=1S/C16H23NO/c18-16(6-7-16)11-14-4-1-3-13(9-14)10-15-5-2-8-17-12-15/h1,3-4,9,15,17-18H,2,5-8,10-12H2. The second-order valence-corrected chi connectivity index (χ2v) is 6.14. The number of nitrogens with one attached hydrogen (secondary N) is 1. The van der Waals surface area contributed by atoms with Crippen molar-refractivity contribution in [2.24, 2.45) is 5.92 Å². The lowest BCUT2D eigenvalue weighted by Crippen LogP contribution is -2.30. The highest BCUT2D eigenvalue weighted by Gasteiger charge is 2.40. The predicted octanol–water partition coefficient (Wildman–Crippen LogP) is 2.30. The predicted molar refractivity (Wildman–Crippen MR) is 73.6 cm³/mol. The van der Waals surface area contributed by atoms with E-state index in [-0.39, 0.29) is 5.60 Å². The summed E-state index contributed by atoms with van der Waals surface area (Å²) in [6.45, 7) is 2.34. The molecule has 0 amide bonds. The molecular weight excluding hydrogens is 222 g/mol. The van der Waals surface area contributed by atoms with E-state index in [4.69, 9.17) is 0 Å². The van der Waals surface area contributed by atoms with Gasteiger partial charge in [-0.05, 0) is 62.2 Å². The van der Waals surface area contributed by atoms with Crippen LogP contribution in [0.1, 0.15) is 36.8 Å². The van der Waals surface area contributed by atoms with Gasteiger partial charge in [0.25, 0.3) is 0 Å². The fourth-order valence-electron chi connectivity index (χ4n) is 3.00. The number of hydrogen-bond acceptors (Lipinski definition) is 2. The summed E-state index contributed by atoms with van der Waals surface area (Å²) in [5.41, 5.74) is 2.37. The van der Waals surface area contributed by atoms with Crippen LogP contribution in [0.2, 0.25) is 0 Å². The Bertz CT molecular complexity index is 405. The molecule has 1 aliphatic carbocycles. The maximum atomic E-state index is 9.98. The van der Waals surface area contributed by atoms with E-state index < -0.39 is 0 Å². The van der Waals surface area contributed by atoms with E-state index in [0.29, 0.717) is 0 Å². The summed E-state index contributed by atoms with van der Waals surface area (Å²) in [6, 6.07) is 8.82. The Kier molecular flexibility index (Phi) is 3.40. The summed E-state index contributed by atoms with van der Waals surface area (Å²) in [6.07, 6.45) is 6.63. The van der Waals surface area contributed by atoms with Crippen LogP contribution >= 0.6 is 0 Å². The Morgan fingerprint density at radius 2 is 2.11 bits per heavy atom. The maximum Gasteiger partial charge on any atom is 0.0690 e. The van der Waals surface area contributed by atoms with E-state index in [9.17, 15) is 5.11 Å². The zero-order chi connectivity index (χ0) is 12.4. The first-order chi connectivity index (χ1) is 8.73. The molecule has 2 N–H and O–H groups in total. The molecule has 1 heterocycles. The largest absolute Gasteiger partial charge is 0.390 e. The molecule has 1 aromatic carbocycles. The van der Waals surface area contributed by atoms with Gasteiger partial charge in [-0.15, -0.1) is 0 Å². The van der Waals surface area contributed by atoms with Gasteiger partial charge < -0.3 is 10.4 Å². The molecule has 1 aromatic rings. The van der Waals surface area contributed by atoms with Gasteiger partial charge in [0.1, 0.15) is 0 Å². The average Bonchev–Trinajstić information content (AvgIpc) is 3.08. The third kappa shape index (κ3) is 3.12. The first kappa shape index (κ1) is 12.2. The first-order valence-electron chi connectivity index (χ1n) is 7.24.